The van der Waals surface area contributed by atoms with Gasteiger partial charge in [-0.1, -0.05) is 29.8 Å². The molecule has 2 heterocycles. The Bertz CT molecular complexity index is 510. The van der Waals surface area contributed by atoms with E-state index in [1.54, 1.807) is 0 Å². The van der Waals surface area contributed by atoms with E-state index in [9.17, 15) is 0 Å². The van der Waals surface area contributed by atoms with Crippen LogP contribution in [0.25, 0.3) is 0 Å². The first-order valence-electron chi connectivity index (χ1n) is 7.61. The molecule has 1 saturated heterocycles. The molecule has 1 aliphatic heterocycles. The lowest BCUT2D eigenvalue weighted by atomic mass is 9.94. The van der Waals surface area contributed by atoms with E-state index in [-0.39, 0.29) is 0 Å². The summed E-state index contributed by atoms with van der Waals surface area (Å²) in [7, 11) is 0. The molecule has 1 aliphatic rings. The molecule has 0 saturated carbocycles. The minimum Gasteiger partial charge on any atom is -0.348 e. The highest BCUT2D eigenvalue weighted by Crippen LogP contribution is 2.26. The second-order valence-corrected chi connectivity index (χ2v) is 5.78. The van der Waals surface area contributed by atoms with Crippen molar-refractivity contribution < 1.29 is 0 Å². The molecule has 0 radical (unpaired) electrons. The summed E-state index contributed by atoms with van der Waals surface area (Å²) in [5, 5.41) is 0. The number of H-pyrrole nitrogens is 1. The molecule has 1 aromatic carbocycles. The molecule has 0 amide bonds. The molecule has 1 N–H and O–H groups in total. The topological polar surface area (TPSA) is 31.9 Å². The van der Waals surface area contributed by atoms with E-state index in [4.69, 9.17) is 0 Å². The average molecular weight is 269 g/mol. The van der Waals surface area contributed by atoms with Crippen LogP contribution in [0.5, 0.6) is 0 Å². The van der Waals surface area contributed by atoms with E-state index >= 15 is 0 Å². The van der Waals surface area contributed by atoms with Crippen molar-refractivity contribution >= 4 is 0 Å². The monoisotopic (exact) mass is 269 g/mol. The molecule has 106 valence electrons. The molecular formula is C17H23N3. The highest BCUT2D eigenvalue weighted by molar-refractivity contribution is 5.28. The minimum atomic E-state index is 0.381. The zero-order chi connectivity index (χ0) is 13.8. The number of likely N-dealkylation sites (tertiary alicyclic amines) is 1. The summed E-state index contributed by atoms with van der Waals surface area (Å²) in [4.78, 5) is 10.4. The molecule has 0 bridgehead atoms. The van der Waals surface area contributed by atoms with Crippen LogP contribution >= 0.6 is 0 Å². The van der Waals surface area contributed by atoms with Gasteiger partial charge in [0.2, 0.25) is 0 Å². The number of aromatic nitrogens is 2. The first kappa shape index (κ1) is 13.4. The van der Waals surface area contributed by atoms with Gasteiger partial charge in [0.05, 0.1) is 0 Å². The highest BCUT2D eigenvalue weighted by atomic mass is 15.1. The van der Waals surface area contributed by atoms with Gasteiger partial charge in [0.15, 0.2) is 0 Å². The van der Waals surface area contributed by atoms with Gasteiger partial charge in [-0.15, -0.1) is 0 Å². The van der Waals surface area contributed by atoms with Crippen LogP contribution in [0.15, 0.2) is 36.7 Å². The van der Waals surface area contributed by atoms with Gasteiger partial charge in [0.25, 0.3) is 0 Å². The van der Waals surface area contributed by atoms with E-state index < -0.39 is 0 Å². The second-order valence-electron chi connectivity index (χ2n) is 5.78. The summed E-state index contributed by atoms with van der Waals surface area (Å²) >= 11 is 0. The van der Waals surface area contributed by atoms with Crippen molar-refractivity contribution in [1.29, 1.82) is 0 Å². The molecule has 0 spiro atoms. The Balaban J connectivity index is 1.75. The Morgan fingerprint density at radius 1 is 1.20 bits per heavy atom. The van der Waals surface area contributed by atoms with Gasteiger partial charge in [-0.05, 0) is 51.4 Å². The summed E-state index contributed by atoms with van der Waals surface area (Å²) in [5.74, 6) is 1.47. The quantitative estimate of drug-likeness (QED) is 0.903. The lowest BCUT2D eigenvalue weighted by molar-refractivity contribution is 0.326. The van der Waals surface area contributed by atoms with E-state index in [1.807, 2.05) is 12.4 Å². The lowest BCUT2D eigenvalue weighted by Crippen LogP contribution is -2.22. The van der Waals surface area contributed by atoms with Crippen LogP contribution in [0.4, 0.5) is 0 Å². The van der Waals surface area contributed by atoms with Crippen molar-refractivity contribution in [2.45, 2.75) is 32.1 Å². The summed E-state index contributed by atoms with van der Waals surface area (Å²) in [6.07, 6.45) is 7.63. The van der Waals surface area contributed by atoms with Gasteiger partial charge in [-0.25, -0.2) is 4.98 Å². The van der Waals surface area contributed by atoms with Crippen LogP contribution in [0.2, 0.25) is 0 Å². The predicted molar refractivity (Wildman–Crippen MR) is 81.9 cm³/mol. The number of imidazole rings is 1. The van der Waals surface area contributed by atoms with Crippen LogP contribution in [-0.4, -0.2) is 34.5 Å². The van der Waals surface area contributed by atoms with E-state index in [0.29, 0.717) is 5.92 Å². The first-order chi connectivity index (χ1) is 9.83. The fraction of sp³-hybridized carbons (Fsp3) is 0.471. The number of aryl methyl sites for hydroxylation is 1. The summed E-state index contributed by atoms with van der Waals surface area (Å²) < 4.78 is 0. The maximum absolute atomic E-state index is 4.49. The first-order valence-corrected chi connectivity index (χ1v) is 7.61. The van der Waals surface area contributed by atoms with E-state index in [1.165, 1.54) is 43.6 Å². The number of aromatic amines is 1. The summed E-state index contributed by atoms with van der Waals surface area (Å²) in [6.45, 7) is 5.83. The van der Waals surface area contributed by atoms with Crippen molar-refractivity contribution in [1.82, 2.24) is 14.9 Å². The standard InChI is InChI=1S/C17H23N3/c1-14-4-6-15(7-5-14)16(17-18-9-10-19-17)8-13-20-11-2-3-12-20/h4-7,9-10,16H,2-3,8,11-13H2,1H3,(H,18,19). The van der Waals surface area contributed by atoms with Crippen LogP contribution in [-0.2, 0) is 0 Å². The second kappa shape index (κ2) is 6.23. The predicted octanol–water partition coefficient (Wildman–Crippen LogP) is 3.34. The molecule has 3 rings (SSSR count). The largest absolute Gasteiger partial charge is 0.348 e. The molecule has 0 aliphatic carbocycles. The molecule has 20 heavy (non-hydrogen) atoms. The van der Waals surface area contributed by atoms with Crippen LogP contribution in [0, 0.1) is 6.92 Å². The minimum absolute atomic E-state index is 0.381. The molecular weight excluding hydrogens is 246 g/mol. The number of benzene rings is 1. The fourth-order valence-corrected chi connectivity index (χ4v) is 3.05. The molecule has 1 unspecified atom stereocenters. The molecule has 3 heteroatoms. The number of rotatable bonds is 5. The zero-order valence-corrected chi connectivity index (χ0v) is 12.2. The van der Waals surface area contributed by atoms with Crippen LogP contribution < -0.4 is 0 Å². The molecule has 1 aromatic heterocycles. The SMILES string of the molecule is Cc1ccc(C(CCN2CCCC2)c2ncc[nH]2)cc1. The van der Waals surface area contributed by atoms with Gasteiger partial charge in [-0.3, -0.25) is 0 Å². The van der Waals surface area contributed by atoms with Crippen molar-refractivity contribution in [2.75, 3.05) is 19.6 Å². The van der Waals surface area contributed by atoms with Crippen LogP contribution in [0.3, 0.4) is 0 Å². The molecule has 1 atom stereocenters. The third kappa shape index (κ3) is 3.10. The maximum atomic E-state index is 4.49. The molecule has 2 aromatic rings. The number of nitrogens with one attached hydrogen (secondary N) is 1. The zero-order valence-electron chi connectivity index (χ0n) is 12.2. The number of hydrogen-bond acceptors (Lipinski definition) is 2. The molecule has 3 nitrogen and oxygen atoms in total. The van der Waals surface area contributed by atoms with Gasteiger partial charge < -0.3 is 9.88 Å². The van der Waals surface area contributed by atoms with Crippen molar-refractivity contribution in [3.8, 4) is 0 Å². The third-order valence-electron chi connectivity index (χ3n) is 4.26. The van der Waals surface area contributed by atoms with Crippen LogP contribution in [0.1, 0.15) is 42.1 Å². The maximum Gasteiger partial charge on any atom is 0.113 e. The van der Waals surface area contributed by atoms with Crippen molar-refractivity contribution in [3.05, 3.63) is 53.6 Å². The van der Waals surface area contributed by atoms with Crippen molar-refractivity contribution in [2.24, 2.45) is 0 Å². The van der Waals surface area contributed by atoms with Gasteiger partial charge in [0.1, 0.15) is 5.82 Å². The Kier molecular flexibility index (Phi) is 4.16. The lowest BCUT2D eigenvalue weighted by Gasteiger charge is -2.20. The van der Waals surface area contributed by atoms with Gasteiger partial charge in [-0.2, -0.15) is 0 Å². The number of hydrogen-bond donors (Lipinski definition) is 1. The molecule has 1 fully saturated rings. The van der Waals surface area contributed by atoms with Gasteiger partial charge >= 0.3 is 0 Å². The van der Waals surface area contributed by atoms with Gasteiger partial charge in [0, 0.05) is 18.3 Å². The Labute approximate surface area is 121 Å². The van der Waals surface area contributed by atoms with E-state index in [2.05, 4.69) is 46.1 Å². The normalized spacial score (nSPS) is 17.4. The number of nitrogens with zero attached hydrogens (tertiary/aromatic N) is 2. The summed E-state index contributed by atoms with van der Waals surface area (Å²) in [5.41, 5.74) is 2.68. The Morgan fingerprint density at radius 2 is 1.95 bits per heavy atom. The third-order valence-corrected chi connectivity index (χ3v) is 4.26. The van der Waals surface area contributed by atoms with E-state index in [0.717, 1.165) is 12.2 Å². The average Bonchev–Trinajstić information content (AvgIpc) is 3.14. The Hall–Kier alpha value is -1.61. The fourth-order valence-electron chi connectivity index (χ4n) is 3.05. The Morgan fingerprint density at radius 3 is 2.60 bits per heavy atom. The smallest absolute Gasteiger partial charge is 0.113 e. The highest BCUT2D eigenvalue weighted by Gasteiger charge is 2.19. The summed E-state index contributed by atoms with van der Waals surface area (Å²) in [6, 6.07) is 8.88. The van der Waals surface area contributed by atoms with Crippen molar-refractivity contribution in [3.63, 3.8) is 0 Å².